The minimum absolute atomic E-state index is 0.151. The van der Waals surface area contributed by atoms with Crippen LogP contribution in [-0.2, 0) is 0 Å². The fourth-order valence-corrected chi connectivity index (χ4v) is 6.27. The van der Waals surface area contributed by atoms with Crippen molar-refractivity contribution in [1.29, 1.82) is 63.1 Å². The standard InChI is InChI=1S/C10H5N3.3C9H6N2.3C8H7N.C7H5F3/c1-7-9(5-12)2-8(4-11)3-10(7)6-13;1-7-2-8(5-10)4-9(3-7)6-11;1-7-2-3-8(5-10)4-9(7)6-11;1-7-8(5-10)3-2-4-9(7)6-11;1-7-2-4-8(6-9)5-3-7;1-7-3-2-4-8(5-7)6-9;1-7-4-2-3-5-8(7)6-9;1-4-6(9)2-5(8)3-7(4)10/h2-3H,1H3;3*2-4H,1H3;3*2-5H,1H3;2-3H,1H3. The number of hydrogen-bond acceptors (Lipinski definition) is 12. The maximum absolute atomic E-state index is 12.4. The zero-order valence-electron chi connectivity index (χ0n) is 46.4. The van der Waals surface area contributed by atoms with E-state index in [1.807, 2.05) is 156 Å². The maximum Gasteiger partial charge on any atom is 0.131 e. The lowest BCUT2D eigenvalue weighted by atomic mass is 10.0. The Hall–Kier alpha value is -12.6. The van der Waals surface area contributed by atoms with Crippen molar-refractivity contribution in [2.75, 3.05) is 0 Å². The highest BCUT2D eigenvalue weighted by Crippen LogP contribution is 2.16. The number of nitriles is 12. The number of rotatable bonds is 0. The summed E-state index contributed by atoms with van der Waals surface area (Å²) in [5, 5.41) is 103. The molecule has 0 aliphatic carbocycles. The molecule has 15 heteroatoms. The molecule has 0 saturated carbocycles. The Morgan fingerprint density at radius 1 is 0.241 bits per heavy atom. The van der Waals surface area contributed by atoms with Crippen LogP contribution < -0.4 is 0 Å². The van der Waals surface area contributed by atoms with Gasteiger partial charge >= 0.3 is 0 Å². The summed E-state index contributed by atoms with van der Waals surface area (Å²) in [6.45, 7) is 14.3. The van der Waals surface area contributed by atoms with E-state index in [2.05, 4.69) is 18.2 Å². The fraction of sp³-hybridized carbons (Fsp3) is 0.118. The van der Waals surface area contributed by atoms with Gasteiger partial charge in [-0.1, -0.05) is 60.2 Å². The number of nitrogens with zero attached hydrogens (tertiary/aromatic N) is 12. The van der Waals surface area contributed by atoms with Crippen molar-refractivity contribution in [3.05, 3.63) is 280 Å². The molecule has 402 valence electrons. The third-order valence-corrected chi connectivity index (χ3v) is 11.0. The van der Waals surface area contributed by atoms with E-state index >= 15 is 0 Å². The molecule has 0 aliphatic rings. The van der Waals surface area contributed by atoms with Crippen molar-refractivity contribution in [2.45, 2.75) is 55.4 Å². The van der Waals surface area contributed by atoms with Gasteiger partial charge in [0.2, 0.25) is 0 Å². The highest BCUT2D eigenvalue weighted by Gasteiger charge is 2.07. The van der Waals surface area contributed by atoms with E-state index in [9.17, 15) is 13.2 Å². The Morgan fingerprint density at radius 3 is 1.01 bits per heavy atom. The van der Waals surface area contributed by atoms with Gasteiger partial charge < -0.3 is 0 Å². The number of halogens is 3. The van der Waals surface area contributed by atoms with Gasteiger partial charge in [0.15, 0.2) is 0 Å². The molecular weight excluding hydrogens is 1040 g/mol. The number of aryl methyl sites for hydroxylation is 5. The van der Waals surface area contributed by atoms with E-state index in [-0.39, 0.29) is 5.56 Å². The summed E-state index contributed by atoms with van der Waals surface area (Å²) in [6.07, 6.45) is 0. The second-order valence-electron chi connectivity index (χ2n) is 17.2. The minimum atomic E-state index is -0.888. The van der Waals surface area contributed by atoms with E-state index in [1.54, 1.807) is 74.5 Å². The van der Waals surface area contributed by atoms with Crippen LogP contribution in [0.15, 0.2) is 152 Å². The average Bonchev–Trinajstić information content (AvgIpc) is 3.57. The number of benzene rings is 8. The average molecular weight is 1090 g/mol. The van der Waals surface area contributed by atoms with Crippen molar-refractivity contribution in [2.24, 2.45) is 0 Å². The second-order valence-corrected chi connectivity index (χ2v) is 17.2. The molecule has 8 aromatic carbocycles. The van der Waals surface area contributed by atoms with E-state index in [1.165, 1.54) is 24.6 Å². The predicted molar refractivity (Wildman–Crippen MR) is 306 cm³/mol. The molecule has 0 N–H and O–H groups in total. The fourth-order valence-electron chi connectivity index (χ4n) is 6.27. The van der Waals surface area contributed by atoms with Crippen molar-refractivity contribution in [3.63, 3.8) is 0 Å². The maximum atomic E-state index is 12.4. The van der Waals surface area contributed by atoms with Crippen LogP contribution in [0, 0.1) is 209 Å². The highest BCUT2D eigenvalue weighted by molar-refractivity contribution is 5.53. The molecule has 8 aromatic rings. The molecule has 0 fully saturated rings. The van der Waals surface area contributed by atoms with Crippen LogP contribution in [0.25, 0.3) is 0 Å². The van der Waals surface area contributed by atoms with Crippen LogP contribution in [0.1, 0.15) is 111 Å². The third-order valence-electron chi connectivity index (χ3n) is 11.0. The van der Waals surface area contributed by atoms with Gasteiger partial charge in [0.1, 0.15) is 17.5 Å². The Bertz CT molecular complexity index is 3960. The Morgan fingerprint density at radius 2 is 0.602 bits per heavy atom. The van der Waals surface area contributed by atoms with Crippen molar-refractivity contribution in [1.82, 2.24) is 0 Å². The van der Waals surface area contributed by atoms with Gasteiger partial charge in [0, 0.05) is 17.7 Å². The summed E-state index contributed by atoms with van der Waals surface area (Å²) in [5.41, 5.74) is 13.1. The first-order valence-electron chi connectivity index (χ1n) is 24.2. The lowest BCUT2D eigenvalue weighted by Crippen LogP contribution is -1.90. The quantitative estimate of drug-likeness (QED) is 0.137. The molecule has 8 rings (SSSR count). The monoisotopic (exact) mass is 1090 g/mol. The van der Waals surface area contributed by atoms with E-state index < -0.39 is 17.5 Å². The number of hydrogen-bond donors (Lipinski definition) is 0. The van der Waals surface area contributed by atoms with Crippen molar-refractivity contribution < 1.29 is 13.2 Å². The minimum Gasteiger partial charge on any atom is -0.207 e. The molecule has 0 unspecified atom stereocenters. The molecule has 0 atom stereocenters. The van der Waals surface area contributed by atoms with Crippen LogP contribution in [0.5, 0.6) is 0 Å². The summed E-state index contributed by atoms with van der Waals surface area (Å²) in [7, 11) is 0. The molecule has 83 heavy (non-hydrogen) atoms. The van der Waals surface area contributed by atoms with Gasteiger partial charge in [-0.3, -0.25) is 0 Å². The summed E-state index contributed by atoms with van der Waals surface area (Å²) in [5.74, 6) is -2.59. The van der Waals surface area contributed by atoms with E-state index in [0.717, 1.165) is 44.5 Å². The van der Waals surface area contributed by atoms with Gasteiger partial charge in [-0.25, -0.2) is 13.2 Å². The summed E-state index contributed by atoms with van der Waals surface area (Å²) in [6, 6.07) is 66.1. The van der Waals surface area contributed by atoms with Crippen LogP contribution in [0.4, 0.5) is 13.2 Å². The molecule has 0 heterocycles. The molecule has 0 radical (unpaired) electrons. The van der Waals surface area contributed by atoms with Crippen LogP contribution in [0.2, 0.25) is 0 Å². The van der Waals surface area contributed by atoms with Crippen LogP contribution >= 0.6 is 0 Å². The third kappa shape index (κ3) is 24.5. The first-order chi connectivity index (χ1) is 39.6. The molecule has 12 nitrogen and oxygen atoms in total. The topological polar surface area (TPSA) is 285 Å². The van der Waals surface area contributed by atoms with Gasteiger partial charge in [-0.05, 0) is 174 Å². The molecule has 0 saturated heterocycles. The SMILES string of the molecule is Cc1c(C#N)cc(C#N)cc1C#N.Cc1c(C#N)cccc1C#N.Cc1c(F)cc(F)cc1F.Cc1cc(C#N)cc(C#N)c1.Cc1ccc(C#N)cc1.Cc1ccc(C#N)cc1C#N.Cc1cccc(C#N)c1.Cc1ccccc1C#N. The summed E-state index contributed by atoms with van der Waals surface area (Å²) >= 11 is 0. The first-order valence-corrected chi connectivity index (χ1v) is 24.2. The lowest BCUT2D eigenvalue weighted by molar-refractivity contribution is 0.532. The molecule has 0 aromatic heterocycles. The smallest absolute Gasteiger partial charge is 0.131 e. The van der Waals surface area contributed by atoms with Crippen LogP contribution in [-0.4, -0.2) is 0 Å². The first kappa shape index (κ1) is 68.4. The van der Waals surface area contributed by atoms with Gasteiger partial charge in [-0.15, -0.1) is 0 Å². The van der Waals surface area contributed by atoms with Crippen LogP contribution in [0.3, 0.4) is 0 Å². The highest BCUT2D eigenvalue weighted by atomic mass is 19.1. The largest absolute Gasteiger partial charge is 0.207 e. The van der Waals surface area contributed by atoms with Gasteiger partial charge in [0.05, 0.1) is 140 Å². The zero-order chi connectivity index (χ0) is 62.4. The Labute approximate surface area is 482 Å². The lowest BCUT2D eigenvalue weighted by Gasteiger charge is -1.99. The van der Waals surface area contributed by atoms with Gasteiger partial charge in [-0.2, -0.15) is 63.1 Å². The van der Waals surface area contributed by atoms with Crippen molar-refractivity contribution in [3.8, 4) is 72.8 Å². The second kappa shape index (κ2) is 37.2. The summed E-state index contributed by atoms with van der Waals surface area (Å²) < 4.78 is 36.8. The zero-order valence-corrected chi connectivity index (χ0v) is 46.4. The molecule has 0 amide bonds. The molecule has 0 spiro atoms. The molecule has 0 aliphatic heterocycles. The van der Waals surface area contributed by atoms with E-state index in [0.29, 0.717) is 67.8 Å². The Balaban J connectivity index is 0.000000476. The molecule has 0 bridgehead atoms. The van der Waals surface area contributed by atoms with Gasteiger partial charge in [0.25, 0.3) is 0 Å². The predicted octanol–water partition coefficient (Wildman–Crippen LogP) is 14.8. The normalized spacial score (nSPS) is 8.52. The summed E-state index contributed by atoms with van der Waals surface area (Å²) in [4.78, 5) is 0. The Kier molecular flexibility index (Phi) is 30.7. The van der Waals surface area contributed by atoms with Crippen molar-refractivity contribution >= 4 is 0 Å². The van der Waals surface area contributed by atoms with E-state index in [4.69, 9.17) is 63.1 Å². The molecular formula is C68H49F3N12.